The van der Waals surface area contributed by atoms with E-state index in [0.29, 0.717) is 0 Å². The van der Waals surface area contributed by atoms with Gasteiger partial charge in [-0.2, -0.15) is 0 Å². The predicted molar refractivity (Wildman–Crippen MR) is 350 cm³/mol. The highest BCUT2D eigenvalue weighted by molar-refractivity contribution is 6.03. The third kappa shape index (κ3) is 9.39. The first-order chi connectivity index (χ1) is 39.1. The Bertz CT molecular complexity index is 4560. The highest BCUT2D eigenvalue weighted by Crippen LogP contribution is 2.56. The number of hydrogen-bond donors (Lipinski definition) is 0. The zero-order valence-electron chi connectivity index (χ0n) is 48.0. The number of fused-ring (bicyclic) bond motifs is 9. The molecule has 394 valence electrons. The Kier molecular flexibility index (Phi) is 13.5. The van der Waals surface area contributed by atoms with Crippen LogP contribution in [0.2, 0.25) is 0 Å². The van der Waals surface area contributed by atoms with Crippen LogP contribution < -0.4 is 10.4 Å². The first-order valence-corrected chi connectivity index (χ1v) is 28.3. The van der Waals surface area contributed by atoms with Gasteiger partial charge in [-0.3, -0.25) is 9.97 Å². The molecule has 0 atom stereocenters. The van der Waals surface area contributed by atoms with Crippen LogP contribution in [0.1, 0.15) is 117 Å². The molecule has 0 radical (unpaired) electrons. The Balaban J connectivity index is 0.889. The largest absolute Gasteiger partial charge is 0.264 e. The average molecular weight is 1050 g/mol. The molecule has 2 nitrogen and oxygen atoms in total. The molecule has 0 N–H and O–H groups in total. The number of pyridine rings is 2. The molecule has 0 fully saturated rings. The molecule has 0 unspecified atom stereocenters. The van der Waals surface area contributed by atoms with Gasteiger partial charge in [0.1, 0.15) is 0 Å². The maximum Gasteiger partial charge on any atom is 0.0352 e. The Morgan fingerprint density at radius 3 is 1.56 bits per heavy atom. The molecule has 0 spiro atoms. The van der Waals surface area contributed by atoms with Gasteiger partial charge in [0, 0.05) is 46.4 Å². The van der Waals surface area contributed by atoms with E-state index >= 15 is 0 Å². The van der Waals surface area contributed by atoms with E-state index in [1.54, 1.807) is 0 Å². The fourth-order valence-corrected chi connectivity index (χ4v) is 13.0. The van der Waals surface area contributed by atoms with Gasteiger partial charge in [0.2, 0.25) is 0 Å². The molecule has 12 rings (SSSR count). The molecule has 0 saturated heterocycles. The molecule has 2 aliphatic carbocycles. The van der Waals surface area contributed by atoms with E-state index in [9.17, 15) is 0 Å². The number of nitrogens with zero attached hydrogens (tertiary/aromatic N) is 2. The van der Waals surface area contributed by atoms with Crippen LogP contribution in [0.5, 0.6) is 0 Å². The lowest BCUT2D eigenvalue weighted by atomic mass is 9.79. The Morgan fingerprint density at radius 1 is 0.469 bits per heavy atom. The van der Waals surface area contributed by atoms with E-state index in [2.05, 4.69) is 266 Å². The molecule has 2 heteroatoms. The smallest absolute Gasteiger partial charge is 0.0352 e. The maximum atomic E-state index is 4.81. The SMILES string of the molecule is C=C(C)C=c1c(C(=CC(=C)c2ccc3c(c2)C(C)(C)c2cc4c(cc2-3)C(C)(C)c2cc(C(=C)C=C(C=C(C)c3cccc5ccccc35)c3cccc5ccncc35)ccc2-4)CC=C(C)c2cccc3ccncc23)cccc1=CC. The minimum atomic E-state index is -0.248. The van der Waals surface area contributed by atoms with Crippen LogP contribution in [0.3, 0.4) is 0 Å². The summed E-state index contributed by atoms with van der Waals surface area (Å²) >= 11 is 0. The Labute approximate surface area is 478 Å². The summed E-state index contributed by atoms with van der Waals surface area (Å²) in [6, 6.07) is 58.0. The number of hydrogen-bond acceptors (Lipinski definition) is 2. The first kappa shape index (κ1) is 52.5. The van der Waals surface area contributed by atoms with Crippen molar-refractivity contribution in [2.45, 2.75) is 72.6 Å². The highest BCUT2D eigenvalue weighted by Gasteiger charge is 2.42. The van der Waals surface area contributed by atoms with Crippen LogP contribution in [0.15, 0.2) is 232 Å². The number of aromatic nitrogens is 2. The fourth-order valence-electron chi connectivity index (χ4n) is 13.0. The lowest BCUT2D eigenvalue weighted by Gasteiger charge is -2.24. The molecular weight excluding hydrogens is 977 g/mol. The summed E-state index contributed by atoms with van der Waals surface area (Å²) in [4.78, 5) is 9.06. The molecule has 10 aromatic rings. The van der Waals surface area contributed by atoms with Crippen LogP contribution in [0.25, 0.3) is 100 Å². The van der Waals surface area contributed by atoms with Gasteiger partial charge in [0.25, 0.3) is 0 Å². The van der Waals surface area contributed by atoms with Gasteiger partial charge in [-0.25, -0.2) is 0 Å². The summed E-state index contributed by atoms with van der Waals surface area (Å²) in [5, 5.41) is 9.44. The van der Waals surface area contributed by atoms with Crippen molar-refractivity contribution in [3.05, 3.63) is 298 Å². The zero-order valence-corrected chi connectivity index (χ0v) is 48.0. The number of allylic oxidation sites excluding steroid dienone is 11. The van der Waals surface area contributed by atoms with Crippen molar-refractivity contribution >= 4 is 77.9 Å². The van der Waals surface area contributed by atoms with E-state index in [1.165, 1.54) is 105 Å². The Hall–Kier alpha value is -9.24. The molecule has 0 aliphatic heterocycles. The van der Waals surface area contributed by atoms with E-state index in [1.807, 2.05) is 24.8 Å². The van der Waals surface area contributed by atoms with Gasteiger partial charge < -0.3 is 0 Å². The summed E-state index contributed by atoms with van der Waals surface area (Å²) in [5.41, 5.74) is 24.7. The van der Waals surface area contributed by atoms with Crippen molar-refractivity contribution in [2.24, 2.45) is 0 Å². The summed E-state index contributed by atoms with van der Waals surface area (Å²) in [5.74, 6) is 0. The quantitative estimate of drug-likeness (QED) is 0.114. The second-order valence-corrected chi connectivity index (χ2v) is 23.4. The minimum absolute atomic E-state index is 0.248. The molecule has 2 aliphatic rings. The molecule has 8 aromatic carbocycles. The molecule has 2 heterocycles. The standard InChI is InChI=1S/C79H68N2/c1-12-54-20-15-27-65(69(54)39-49(2)3)60(30-29-50(4)62-25-17-22-56-35-37-80-47-72(56)62)40-51(5)58-31-33-67-70-45-77-71(46-76(70)78(8,9)74(67)43-58)68-34-32-59(44-75(68)79(77,10)11)52(6)41-61(66-28-18-23-57-36-38-81-48-73(57)66)42-53(7)63-26-16-21-55-19-13-14-24-64(55)63/h12-29,31-48H,2,5-6,30H2,1,3-4,7-11H3. The lowest BCUT2D eigenvalue weighted by Crippen LogP contribution is -2.28. The van der Waals surface area contributed by atoms with Crippen molar-refractivity contribution in [1.82, 2.24) is 9.97 Å². The first-order valence-electron chi connectivity index (χ1n) is 28.3. The molecule has 0 amide bonds. The predicted octanol–water partition coefficient (Wildman–Crippen LogP) is 19.5. The van der Waals surface area contributed by atoms with Crippen LogP contribution in [0, 0.1) is 0 Å². The number of benzene rings is 8. The highest BCUT2D eigenvalue weighted by atomic mass is 14.6. The second-order valence-electron chi connectivity index (χ2n) is 23.4. The molecule has 0 saturated carbocycles. The van der Waals surface area contributed by atoms with Crippen molar-refractivity contribution < 1.29 is 0 Å². The van der Waals surface area contributed by atoms with Crippen molar-refractivity contribution in [3.8, 4) is 22.3 Å². The third-order valence-corrected chi connectivity index (χ3v) is 17.4. The van der Waals surface area contributed by atoms with Gasteiger partial charge >= 0.3 is 0 Å². The molecule has 0 bridgehead atoms. The topological polar surface area (TPSA) is 25.8 Å². The Morgan fingerprint density at radius 2 is 0.963 bits per heavy atom. The van der Waals surface area contributed by atoms with Crippen molar-refractivity contribution in [2.75, 3.05) is 0 Å². The van der Waals surface area contributed by atoms with Crippen LogP contribution in [-0.4, -0.2) is 9.97 Å². The fraction of sp³-hybridized carbons (Fsp3) is 0.139. The van der Waals surface area contributed by atoms with Crippen molar-refractivity contribution in [3.63, 3.8) is 0 Å². The van der Waals surface area contributed by atoms with E-state index in [-0.39, 0.29) is 10.8 Å². The van der Waals surface area contributed by atoms with Crippen LogP contribution >= 0.6 is 0 Å². The summed E-state index contributed by atoms with van der Waals surface area (Å²) in [6.07, 6.45) is 22.1. The van der Waals surface area contributed by atoms with Gasteiger partial charge in [0.05, 0.1) is 0 Å². The monoisotopic (exact) mass is 1040 g/mol. The van der Waals surface area contributed by atoms with Gasteiger partial charge in [0.15, 0.2) is 0 Å². The normalized spacial score (nSPS) is 15.0. The zero-order chi connectivity index (χ0) is 56.3. The van der Waals surface area contributed by atoms with E-state index < -0.39 is 0 Å². The molecule has 81 heavy (non-hydrogen) atoms. The van der Waals surface area contributed by atoms with Crippen molar-refractivity contribution in [1.29, 1.82) is 0 Å². The van der Waals surface area contributed by atoms with E-state index in [0.717, 1.165) is 61.6 Å². The second kappa shape index (κ2) is 20.8. The molecule has 2 aromatic heterocycles. The number of rotatable bonds is 12. The summed E-state index contributed by atoms with van der Waals surface area (Å²) < 4.78 is 0. The van der Waals surface area contributed by atoms with Gasteiger partial charge in [-0.15, -0.1) is 0 Å². The maximum absolute atomic E-state index is 4.81. The lowest BCUT2D eigenvalue weighted by molar-refractivity contribution is 0.652. The van der Waals surface area contributed by atoms with Gasteiger partial charge in [-0.05, 0) is 220 Å². The molecular formula is C79H68N2. The van der Waals surface area contributed by atoms with Crippen LogP contribution in [-0.2, 0) is 10.8 Å². The minimum Gasteiger partial charge on any atom is -0.264 e. The average Bonchev–Trinajstić information content (AvgIpc) is 3.95. The summed E-state index contributed by atoms with van der Waals surface area (Å²) in [6.45, 7) is 32.1. The van der Waals surface area contributed by atoms with Gasteiger partial charge in [-0.1, -0.05) is 205 Å². The third-order valence-electron chi connectivity index (χ3n) is 17.4. The summed E-state index contributed by atoms with van der Waals surface area (Å²) in [7, 11) is 0. The van der Waals surface area contributed by atoms with Crippen LogP contribution in [0.4, 0.5) is 0 Å². The van der Waals surface area contributed by atoms with E-state index in [4.69, 9.17) is 13.2 Å².